The van der Waals surface area contributed by atoms with E-state index < -0.39 is 6.10 Å². The molecule has 140 valence electrons. The number of nitrogens with zero attached hydrogens (tertiary/aromatic N) is 1. The van der Waals surface area contributed by atoms with Gasteiger partial charge in [-0.1, -0.05) is 48.0 Å². The number of aliphatic hydroxyl groups is 1. The molecule has 3 aromatic rings. The molecule has 1 atom stereocenters. The molecule has 0 fully saturated rings. The summed E-state index contributed by atoms with van der Waals surface area (Å²) in [7, 11) is 0. The van der Waals surface area contributed by atoms with Crippen LogP contribution in [0.1, 0.15) is 17.2 Å². The molecular weight excluding hydrogens is 378 g/mol. The predicted octanol–water partition coefficient (Wildman–Crippen LogP) is 4.32. The average molecular weight is 394 g/mol. The number of carbonyl (C=O) groups excluding carboxylic acids is 1. The van der Waals surface area contributed by atoms with Gasteiger partial charge in [-0.25, -0.2) is 0 Å². The maximum atomic E-state index is 12.8. The zero-order valence-electron chi connectivity index (χ0n) is 14.8. The van der Waals surface area contributed by atoms with E-state index in [0.29, 0.717) is 34.3 Å². The third-order valence-electron chi connectivity index (χ3n) is 5.12. The normalized spacial score (nSPS) is 17.1. The minimum absolute atomic E-state index is 0.193. The number of halogens is 1. The molecule has 3 aromatic carbocycles. The number of benzene rings is 3. The van der Waals surface area contributed by atoms with Gasteiger partial charge in [-0.2, -0.15) is 0 Å². The number of amides is 1. The zero-order valence-corrected chi connectivity index (χ0v) is 15.5. The Kier molecular flexibility index (Phi) is 4.00. The molecule has 0 saturated heterocycles. The number of anilines is 1. The van der Waals surface area contributed by atoms with E-state index in [1.54, 1.807) is 11.0 Å². The molecule has 0 aromatic heterocycles. The smallest absolute Gasteiger partial charge is 0.260 e. The monoisotopic (exact) mass is 393 g/mol. The van der Waals surface area contributed by atoms with Crippen molar-refractivity contribution in [1.82, 2.24) is 0 Å². The van der Waals surface area contributed by atoms with Crippen LogP contribution in [-0.2, 0) is 11.3 Å². The summed E-state index contributed by atoms with van der Waals surface area (Å²) in [5.74, 6) is 0.984. The van der Waals surface area contributed by atoms with Gasteiger partial charge in [0.1, 0.15) is 0 Å². The molecule has 6 heteroatoms. The Hall–Kier alpha value is -3.02. The average Bonchev–Trinajstić information content (AvgIpc) is 3.28. The van der Waals surface area contributed by atoms with Gasteiger partial charge in [0.15, 0.2) is 17.6 Å². The number of hydrogen-bond acceptors (Lipinski definition) is 4. The van der Waals surface area contributed by atoms with E-state index in [2.05, 4.69) is 0 Å². The molecule has 5 rings (SSSR count). The first-order valence-corrected chi connectivity index (χ1v) is 9.27. The quantitative estimate of drug-likeness (QED) is 0.720. The second-order valence-corrected chi connectivity index (χ2v) is 7.13. The van der Waals surface area contributed by atoms with Gasteiger partial charge in [-0.3, -0.25) is 4.79 Å². The van der Waals surface area contributed by atoms with Crippen molar-refractivity contribution < 1.29 is 19.4 Å². The molecule has 2 aliphatic rings. The highest BCUT2D eigenvalue weighted by Gasteiger charge is 2.38. The molecule has 1 unspecified atom stereocenters. The fourth-order valence-electron chi connectivity index (χ4n) is 3.74. The van der Waals surface area contributed by atoms with Gasteiger partial charge >= 0.3 is 0 Å². The van der Waals surface area contributed by atoms with E-state index in [1.165, 1.54) is 0 Å². The van der Waals surface area contributed by atoms with Crippen LogP contribution in [0.4, 0.5) is 5.69 Å². The molecule has 0 bridgehead atoms. The Bertz CT molecular complexity index is 1100. The molecule has 0 aliphatic carbocycles. The van der Waals surface area contributed by atoms with Gasteiger partial charge in [0.25, 0.3) is 5.91 Å². The van der Waals surface area contributed by atoms with Gasteiger partial charge in [0.05, 0.1) is 12.2 Å². The summed E-state index contributed by atoms with van der Waals surface area (Å²) in [4.78, 5) is 14.4. The minimum Gasteiger partial charge on any atom is -0.454 e. The van der Waals surface area contributed by atoms with Gasteiger partial charge in [-0.05, 0) is 41.0 Å². The van der Waals surface area contributed by atoms with Crippen molar-refractivity contribution in [3.05, 3.63) is 76.8 Å². The molecule has 2 heterocycles. The second kappa shape index (κ2) is 6.55. The van der Waals surface area contributed by atoms with E-state index >= 15 is 0 Å². The summed E-state index contributed by atoms with van der Waals surface area (Å²) in [5, 5.41) is 11.3. The number of ether oxygens (including phenoxy) is 2. The summed E-state index contributed by atoms with van der Waals surface area (Å²) in [5.41, 5.74) is 3.75. The first-order valence-electron chi connectivity index (χ1n) is 8.89. The van der Waals surface area contributed by atoms with Crippen LogP contribution in [0.5, 0.6) is 11.5 Å². The van der Waals surface area contributed by atoms with Crippen molar-refractivity contribution in [2.75, 3.05) is 11.7 Å². The van der Waals surface area contributed by atoms with Crippen LogP contribution in [0.15, 0.2) is 60.7 Å². The van der Waals surface area contributed by atoms with Gasteiger partial charge in [-0.15, -0.1) is 0 Å². The predicted molar refractivity (Wildman–Crippen MR) is 106 cm³/mol. The highest BCUT2D eigenvalue weighted by molar-refractivity contribution is 6.31. The third-order valence-corrected chi connectivity index (χ3v) is 5.49. The van der Waals surface area contributed by atoms with Gasteiger partial charge < -0.3 is 19.5 Å². The Morgan fingerprint density at radius 2 is 1.86 bits per heavy atom. The molecule has 1 amide bonds. The maximum Gasteiger partial charge on any atom is 0.260 e. The topological polar surface area (TPSA) is 59.0 Å². The molecule has 5 nitrogen and oxygen atoms in total. The minimum atomic E-state index is -1.22. The molecular formula is C22H16ClNO4. The third kappa shape index (κ3) is 2.63. The van der Waals surface area contributed by atoms with E-state index in [1.807, 2.05) is 54.6 Å². The van der Waals surface area contributed by atoms with Crippen LogP contribution in [0.2, 0.25) is 5.02 Å². The van der Waals surface area contributed by atoms with Crippen molar-refractivity contribution in [1.29, 1.82) is 0 Å². The molecule has 2 aliphatic heterocycles. The van der Waals surface area contributed by atoms with Crippen LogP contribution >= 0.6 is 11.6 Å². The first-order chi connectivity index (χ1) is 13.6. The maximum absolute atomic E-state index is 12.8. The Morgan fingerprint density at radius 1 is 1.04 bits per heavy atom. The van der Waals surface area contributed by atoms with Crippen molar-refractivity contribution in [3.8, 4) is 22.6 Å². The molecule has 0 saturated carbocycles. The highest BCUT2D eigenvalue weighted by atomic mass is 35.5. The molecule has 28 heavy (non-hydrogen) atoms. The molecule has 0 radical (unpaired) electrons. The van der Waals surface area contributed by atoms with Crippen molar-refractivity contribution in [2.45, 2.75) is 12.6 Å². The Balaban J connectivity index is 1.59. The van der Waals surface area contributed by atoms with Crippen LogP contribution in [0.3, 0.4) is 0 Å². The summed E-state index contributed by atoms with van der Waals surface area (Å²) in [6, 6.07) is 18.6. The van der Waals surface area contributed by atoms with Crippen molar-refractivity contribution >= 4 is 23.2 Å². The lowest BCUT2D eigenvalue weighted by atomic mass is 9.96. The largest absolute Gasteiger partial charge is 0.454 e. The molecule has 1 N–H and O–H groups in total. The van der Waals surface area contributed by atoms with Crippen LogP contribution in [0.25, 0.3) is 11.1 Å². The van der Waals surface area contributed by atoms with Crippen LogP contribution in [-0.4, -0.2) is 17.8 Å². The van der Waals surface area contributed by atoms with Gasteiger partial charge in [0, 0.05) is 10.6 Å². The number of fused-ring (bicyclic) bond motifs is 2. The first kappa shape index (κ1) is 17.1. The van der Waals surface area contributed by atoms with E-state index in [-0.39, 0.29) is 12.7 Å². The summed E-state index contributed by atoms with van der Waals surface area (Å²) in [6.07, 6.45) is -1.22. The van der Waals surface area contributed by atoms with E-state index in [4.69, 9.17) is 21.1 Å². The van der Waals surface area contributed by atoms with Crippen molar-refractivity contribution in [2.24, 2.45) is 0 Å². The number of hydrogen-bond donors (Lipinski definition) is 1. The fourth-order valence-corrected chi connectivity index (χ4v) is 3.94. The Labute approximate surface area is 166 Å². The summed E-state index contributed by atoms with van der Waals surface area (Å²) < 4.78 is 10.8. The molecule has 0 spiro atoms. The van der Waals surface area contributed by atoms with E-state index in [0.717, 1.165) is 16.7 Å². The number of aliphatic hydroxyl groups excluding tert-OH is 1. The summed E-state index contributed by atoms with van der Waals surface area (Å²) in [6.45, 7) is 0.492. The Morgan fingerprint density at radius 3 is 2.71 bits per heavy atom. The summed E-state index contributed by atoms with van der Waals surface area (Å²) >= 11 is 6.27. The lowest BCUT2D eigenvalue weighted by molar-refractivity contribution is -0.125. The second-order valence-electron chi connectivity index (χ2n) is 6.72. The standard InChI is InChI=1S/C22H16ClNO4/c23-16-6-2-1-4-14(16)11-24-17-7-3-5-15(20(17)21(25)22(24)26)13-8-9-18-19(10-13)28-12-27-18/h1-10,21,25H,11-12H2. The van der Waals surface area contributed by atoms with Gasteiger partial charge in [0.2, 0.25) is 6.79 Å². The lowest BCUT2D eigenvalue weighted by Gasteiger charge is -2.18. The fraction of sp³-hybridized carbons (Fsp3) is 0.136. The van der Waals surface area contributed by atoms with Crippen LogP contribution in [0, 0.1) is 0 Å². The zero-order chi connectivity index (χ0) is 19.3. The van der Waals surface area contributed by atoms with Crippen molar-refractivity contribution in [3.63, 3.8) is 0 Å². The number of carbonyl (C=O) groups is 1. The number of rotatable bonds is 3. The van der Waals surface area contributed by atoms with Crippen LogP contribution < -0.4 is 14.4 Å². The highest BCUT2D eigenvalue weighted by Crippen LogP contribution is 2.45. The lowest BCUT2D eigenvalue weighted by Crippen LogP contribution is -2.28. The van der Waals surface area contributed by atoms with E-state index in [9.17, 15) is 9.90 Å². The SMILES string of the molecule is O=C1C(O)c2c(-c3ccc4c(c3)OCO4)cccc2N1Cc1ccccc1Cl.